The molecule has 2 amide bonds. The van der Waals surface area contributed by atoms with E-state index in [1.54, 1.807) is 27.4 Å². The summed E-state index contributed by atoms with van der Waals surface area (Å²) in [5, 5.41) is 20.6. The topological polar surface area (TPSA) is 120 Å². The molecule has 5 aromatic rings. The van der Waals surface area contributed by atoms with Gasteiger partial charge in [-0.25, -0.2) is 5.01 Å². The van der Waals surface area contributed by atoms with Crippen LogP contribution in [0.2, 0.25) is 0 Å². The number of carbonyl (C=O) groups excluding carboxylic acids is 2. The zero-order valence-electron chi connectivity index (χ0n) is 27.4. The Bertz CT molecular complexity index is 1910. The van der Waals surface area contributed by atoms with Crippen molar-refractivity contribution in [3.8, 4) is 17.2 Å². The Kier molecular flexibility index (Phi) is 10.9. The number of aryl methyl sites for hydroxylation is 1. The van der Waals surface area contributed by atoms with Gasteiger partial charge in [0.05, 0.1) is 50.3 Å². The lowest BCUT2D eigenvalue weighted by Gasteiger charge is -2.24. The maximum atomic E-state index is 14.1. The molecule has 2 aromatic heterocycles. The fourth-order valence-electron chi connectivity index (χ4n) is 5.63. The van der Waals surface area contributed by atoms with Gasteiger partial charge >= 0.3 is 0 Å². The molecule has 13 heteroatoms. The van der Waals surface area contributed by atoms with Crippen molar-refractivity contribution in [1.82, 2.24) is 25.1 Å². The minimum atomic E-state index is -0.422. The number of hydrogen-bond acceptors (Lipinski definition) is 10. The number of nitrogens with one attached hydrogen (secondary N) is 1. The number of carbonyl (C=O) groups is 2. The first-order valence-corrected chi connectivity index (χ1v) is 17.5. The largest absolute Gasteiger partial charge is 0.497 e. The van der Waals surface area contributed by atoms with Gasteiger partial charge in [0.2, 0.25) is 0 Å². The first-order valence-electron chi connectivity index (χ1n) is 15.6. The summed E-state index contributed by atoms with van der Waals surface area (Å²) in [5.41, 5.74) is 3.61. The number of hydrazone groups is 1. The predicted molar refractivity (Wildman–Crippen MR) is 190 cm³/mol. The van der Waals surface area contributed by atoms with Crippen LogP contribution in [0.1, 0.15) is 44.6 Å². The number of ether oxygens (including phenoxy) is 3. The van der Waals surface area contributed by atoms with Gasteiger partial charge < -0.3 is 24.1 Å². The second kappa shape index (κ2) is 15.8. The number of thiophene rings is 1. The zero-order chi connectivity index (χ0) is 34.2. The molecule has 252 valence electrons. The molecule has 1 unspecified atom stereocenters. The Morgan fingerprint density at radius 1 is 0.918 bits per heavy atom. The standard InChI is InChI=1S/C36H36N6O5S2/c1-45-26-16-14-25(15-17-26)28-21-29(27-11-7-12-30(46-2)34(27)47-3)42(40-28)33(43)23-49-36-39-38-32(22-37-35(44)31-13-8-20-48-31)41(36)19-18-24-9-5-4-6-10-24/h4-17,20,29H,18-19,21-23H2,1-3H3,(H,37,44). The van der Waals surface area contributed by atoms with E-state index in [1.807, 2.05) is 76.7 Å². The van der Waals surface area contributed by atoms with E-state index in [-0.39, 0.29) is 24.1 Å². The van der Waals surface area contributed by atoms with Crippen LogP contribution in [0.5, 0.6) is 17.2 Å². The number of amides is 2. The van der Waals surface area contributed by atoms with Crippen LogP contribution in [0.15, 0.2) is 101 Å². The normalized spacial score (nSPS) is 14.0. The van der Waals surface area contributed by atoms with Crippen LogP contribution < -0.4 is 19.5 Å². The first-order chi connectivity index (χ1) is 24.0. The van der Waals surface area contributed by atoms with Crippen LogP contribution in [-0.2, 0) is 24.3 Å². The maximum absolute atomic E-state index is 14.1. The van der Waals surface area contributed by atoms with Crippen molar-refractivity contribution < 1.29 is 23.8 Å². The van der Waals surface area contributed by atoms with Crippen LogP contribution in [0.25, 0.3) is 0 Å². The third kappa shape index (κ3) is 7.79. The van der Waals surface area contributed by atoms with Crippen molar-refractivity contribution in [1.29, 1.82) is 0 Å². The minimum absolute atomic E-state index is 0.0627. The molecular formula is C36H36N6O5S2. The maximum Gasteiger partial charge on any atom is 0.261 e. The highest BCUT2D eigenvalue weighted by molar-refractivity contribution is 7.99. The molecule has 0 fully saturated rings. The number of hydrogen-bond donors (Lipinski definition) is 1. The number of benzene rings is 3. The van der Waals surface area contributed by atoms with Gasteiger partial charge in [0.1, 0.15) is 5.75 Å². The molecule has 1 aliphatic rings. The predicted octanol–water partition coefficient (Wildman–Crippen LogP) is 6.01. The van der Waals surface area contributed by atoms with E-state index in [0.717, 1.165) is 34.6 Å². The average molecular weight is 697 g/mol. The number of para-hydroxylation sites is 1. The second-order valence-electron chi connectivity index (χ2n) is 11.1. The first kappa shape index (κ1) is 33.7. The molecule has 0 aliphatic carbocycles. The quantitative estimate of drug-likeness (QED) is 0.140. The smallest absolute Gasteiger partial charge is 0.261 e. The highest BCUT2D eigenvalue weighted by Crippen LogP contribution is 2.42. The van der Waals surface area contributed by atoms with Crippen molar-refractivity contribution in [2.45, 2.75) is 37.1 Å². The molecule has 0 radical (unpaired) electrons. The summed E-state index contributed by atoms with van der Waals surface area (Å²) in [6.45, 7) is 0.775. The van der Waals surface area contributed by atoms with Crippen LogP contribution in [0.4, 0.5) is 0 Å². The van der Waals surface area contributed by atoms with Gasteiger partial charge in [0, 0.05) is 18.5 Å². The molecule has 0 saturated heterocycles. The molecule has 6 rings (SSSR count). The molecular weight excluding hydrogens is 661 g/mol. The van der Waals surface area contributed by atoms with Gasteiger partial charge in [-0.1, -0.05) is 60.3 Å². The van der Waals surface area contributed by atoms with E-state index in [1.165, 1.54) is 28.1 Å². The molecule has 0 bridgehead atoms. The summed E-state index contributed by atoms with van der Waals surface area (Å²) in [5.74, 6) is 2.17. The molecule has 1 aliphatic heterocycles. The van der Waals surface area contributed by atoms with Gasteiger partial charge in [0.25, 0.3) is 11.8 Å². The van der Waals surface area contributed by atoms with Gasteiger partial charge in [-0.05, 0) is 59.3 Å². The molecule has 49 heavy (non-hydrogen) atoms. The van der Waals surface area contributed by atoms with Gasteiger partial charge in [0.15, 0.2) is 22.5 Å². The SMILES string of the molecule is COc1ccc(C2=NN(C(=O)CSc3nnc(CNC(=O)c4cccs4)n3CCc3ccccc3)C(c3cccc(OC)c3OC)C2)cc1. The van der Waals surface area contributed by atoms with E-state index in [9.17, 15) is 9.59 Å². The van der Waals surface area contributed by atoms with Crippen molar-refractivity contribution in [3.05, 3.63) is 118 Å². The lowest BCUT2D eigenvalue weighted by Crippen LogP contribution is -2.29. The summed E-state index contributed by atoms with van der Waals surface area (Å²) in [6.07, 6.45) is 1.21. The van der Waals surface area contributed by atoms with Crippen LogP contribution >= 0.6 is 23.1 Å². The van der Waals surface area contributed by atoms with E-state index in [2.05, 4.69) is 27.6 Å². The fraction of sp³-hybridized carbons (Fsp3) is 0.250. The van der Waals surface area contributed by atoms with E-state index >= 15 is 0 Å². The van der Waals surface area contributed by atoms with Crippen LogP contribution in [-0.4, -0.2) is 64.4 Å². The highest BCUT2D eigenvalue weighted by atomic mass is 32.2. The Hall–Kier alpha value is -5.14. The lowest BCUT2D eigenvalue weighted by molar-refractivity contribution is -0.130. The lowest BCUT2D eigenvalue weighted by atomic mass is 9.97. The van der Waals surface area contributed by atoms with Crippen molar-refractivity contribution in [2.24, 2.45) is 5.10 Å². The Balaban J connectivity index is 1.25. The number of methoxy groups -OCH3 is 3. The number of rotatable bonds is 14. The fourth-order valence-corrected chi connectivity index (χ4v) is 7.10. The third-order valence-corrected chi connectivity index (χ3v) is 9.94. The molecule has 1 atom stereocenters. The molecule has 1 N–H and O–H groups in total. The minimum Gasteiger partial charge on any atom is -0.497 e. The Labute approximate surface area is 292 Å². The second-order valence-corrected chi connectivity index (χ2v) is 12.9. The molecule has 3 aromatic carbocycles. The number of aromatic nitrogens is 3. The van der Waals surface area contributed by atoms with Gasteiger partial charge in [-0.15, -0.1) is 21.5 Å². The summed E-state index contributed by atoms with van der Waals surface area (Å²) >= 11 is 2.67. The molecule has 0 spiro atoms. The number of thioether (sulfide) groups is 1. The Morgan fingerprint density at radius 3 is 2.45 bits per heavy atom. The monoisotopic (exact) mass is 696 g/mol. The zero-order valence-corrected chi connectivity index (χ0v) is 29.0. The summed E-state index contributed by atoms with van der Waals surface area (Å²) in [6, 6.07) is 26.6. The summed E-state index contributed by atoms with van der Waals surface area (Å²) in [7, 11) is 4.80. The highest BCUT2D eigenvalue weighted by Gasteiger charge is 2.36. The third-order valence-electron chi connectivity index (χ3n) is 8.12. The molecule has 11 nitrogen and oxygen atoms in total. The van der Waals surface area contributed by atoms with Crippen LogP contribution in [0, 0.1) is 0 Å². The molecule has 0 saturated carbocycles. The number of nitrogens with zero attached hydrogens (tertiary/aromatic N) is 5. The van der Waals surface area contributed by atoms with Gasteiger partial charge in [-0.2, -0.15) is 5.10 Å². The molecule has 3 heterocycles. The van der Waals surface area contributed by atoms with E-state index in [4.69, 9.17) is 19.3 Å². The van der Waals surface area contributed by atoms with Crippen LogP contribution in [0.3, 0.4) is 0 Å². The van der Waals surface area contributed by atoms with Crippen molar-refractivity contribution in [2.75, 3.05) is 27.1 Å². The summed E-state index contributed by atoms with van der Waals surface area (Å²) in [4.78, 5) is 27.4. The van der Waals surface area contributed by atoms with Gasteiger partial charge in [-0.3, -0.25) is 9.59 Å². The van der Waals surface area contributed by atoms with E-state index in [0.29, 0.717) is 40.3 Å². The van der Waals surface area contributed by atoms with Crippen molar-refractivity contribution >= 4 is 40.6 Å². The van der Waals surface area contributed by atoms with E-state index < -0.39 is 6.04 Å². The van der Waals surface area contributed by atoms with Crippen molar-refractivity contribution in [3.63, 3.8) is 0 Å². The summed E-state index contributed by atoms with van der Waals surface area (Å²) < 4.78 is 18.6. The Morgan fingerprint density at radius 2 is 1.73 bits per heavy atom. The average Bonchev–Trinajstić information content (AvgIpc) is 3.93.